The Labute approximate surface area is 139 Å². The summed E-state index contributed by atoms with van der Waals surface area (Å²) in [5.74, 6) is -0.634. The maximum atomic E-state index is 12.9. The van der Waals surface area contributed by atoms with Crippen LogP contribution in [0.1, 0.15) is 38.7 Å². The van der Waals surface area contributed by atoms with Crippen LogP contribution in [-0.4, -0.2) is 35.6 Å². The van der Waals surface area contributed by atoms with Gasteiger partial charge in [0.25, 0.3) is 0 Å². The lowest BCUT2D eigenvalue weighted by atomic mass is 10.1. The number of alkyl halides is 3. The number of hydrogen-bond acceptors (Lipinski definition) is 4. The number of aromatic nitrogens is 1. The smallest absolute Gasteiger partial charge is 0.421 e. The summed E-state index contributed by atoms with van der Waals surface area (Å²) in [6, 6.07) is 2.28. The Hall–Kier alpha value is -1.83. The molecule has 0 aromatic carbocycles. The first kappa shape index (κ1) is 18.5. The zero-order valence-corrected chi connectivity index (χ0v) is 13.7. The van der Waals surface area contributed by atoms with Gasteiger partial charge in [0.05, 0.1) is 5.54 Å². The number of carbonyl (C=O) groups excluding carboxylic acids is 1. The highest BCUT2D eigenvalue weighted by molar-refractivity contribution is 5.77. The molecule has 1 aromatic rings. The fraction of sp³-hybridized carbons (Fsp3) is 0.625. The van der Waals surface area contributed by atoms with Gasteiger partial charge in [0.1, 0.15) is 12.2 Å². The number of carbonyl (C=O) groups is 1. The van der Waals surface area contributed by atoms with Gasteiger partial charge in [-0.2, -0.15) is 13.2 Å². The zero-order valence-electron chi connectivity index (χ0n) is 13.7. The summed E-state index contributed by atoms with van der Waals surface area (Å²) in [6.45, 7) is 4.19. The van der Waals surface area contributed by atoms with Crippen LogP contribution in [0.3, 0.4) is 0 Å². The molecule has 0 aliphatic carbocycles. The van der Waals surface area contributed by atoms with Gasteiger partial charge in [-0.1, -0.05) is 0 Å². The number of halogens is 3. The van der Waals surface area contributed by atoms with E-state index < -0.39 is 23.2 Å². The molecule has 0 unspecified atom stereocenters. The van der Waals surface area contributed by atoms with Crippen LogP contribution >= 0.6 is 0 Å². The average molecular weight is 345 g/mol. The van der Waals surface area contributed by atoms with E-state index in [0.717, 1.165) is 25.5 Å². The van der Waals surface area contributed by atoms with Gasteiger partial charge in [0.15, 0.2) is 0 Å². The van der Waals surface area contributed by atoms with Gasteiger partial charge in [0.2, 0.25) is 11.8 Å². The van der Waals surface area contributed by atoms with Crippen LogP contribution in [0.2, 0.25) is 0 Å². The average Bonchev–Trinajstić information content (AvgIpc) is 2.96. The molecule has 0 saturated carbocycles. The molecular formula is C16H22F3N3O2. The lowest BCUT2D eigenvalue weighted by Gasteiger charge is -2.27. The van der Waals surface area contributed by atoms with Crippen molar-refractivity contribution in [3.63, 3.8) is 0 Å². The Morgan fingerprint density at radius 1 is 1.46 bits per heavy atom. The summed E-state index contributed by atoms with van der Waals surface area (Å²) in [5.41, 5.74) is -1.74. The third-order valence-electron chi connectivity index (χ3n) is 3.72. The highest BCUT2D eigenvalue weighted by Gasteiger charge is 2.35. The molecule has 1 atom stereocenters. The van der Waals surface area contributed by atoms with Crippen molar-refractivity contribution >= 4 is 5.91 Å². The molecular weight excluding hydrogens is 323 g/mol. The summed E-state index contributed by atoms with van der Waals surface area (Å²) in [6.07, 6.45) is -0.953. The van der Waals surface area contributed by atoms with Crippen molar-refractivity contribution in [2.24, 2.45) is 0 Å². The van der Waals surface area contributed by atoms with E-state index in [1.165, 1.54) is 12.3 Å². The topological polar surface area (TPSA) is 63.2 Å². The van der Waals surface area contributed by atoms with Gasteiger partial charge < -0.3 is 15.4 Å². The quantitative estimate of drug-likeness (QED) is 0.832. The lowest BCUT2D eigenvalue weighted by molar-refractivity contribution is -0.139. The standard InChI is InChI=1S/C16H22F3N3O2/c1-15(2,22-13(23)9-11-5-3-7-20-11)10-24-14-12(16(17,18)19)6-4-8-21-14/h4,6,8,11,20H,3,5,7,9-10H2,1-2H3,(H,22,23)/t11-/m1/s1. The molecule has 1 aliphatic heterocycles. The minimum Gasteiger partial charge on any atom is -0.475 e. The number of pyridine rings is 1. The fourth-order valence-corrected chi connectivity index (χ4v) is 2.59. The van der Waals surface area contributed by atoms with E-state index in [0.29, 0.717) is 6.42 Å². The molecule has 2 rings (SSSR count). The molecule has 24 heavy (non-hydrogen) atoms. The number of hydrogen-bond donors (Lipinski definition) is 2. The Morgan fingerprint density at radius 2 is 2.21 bits per heavy atom. The molecule has 1 fully saturated rings. The van der Waals surface area contributed by atoms with Crippen LogP contribution in [0, 0.1) is 0 Å². The molecule has 2 heterocycles. The highest BCUT2D eigenvalue weighted by Crippen LogP contribution is 2.34. The molecule has 1 amide bonds. The van der Waals surface area contributed by atoms with Crippen molar-refractivity contribution in [3.8, 4) is 5.88 Å². The second-order valence-electron chi connectivity index (χ2n) is 6.57. The second-order valence-corrected chi connectivity index (χ2v) is 6.57. The summed E-state index contributed by atoms with van der Waals surface area (Å²) in [4.78, 5) is 15.7. The number of rotatable bonds is 6. The molecule has 0 radical (unpaired) electrons. The molecule has 8 heteroatoms. The maximum Gasteiger partial charge on any atom is 0.421 e. The van der Waals surface area contributed by atoms with Crippen molar-refractivity contribution in [3.05, 3.63) is 23.9 Å². The van der Waals surface area contributed by atoms with Crippen LogP contribution < -0.4 is 15.4 Å². The molecule has 134 valence electrons. The van der Waals surface area contributed by atoms with E-state index >= 15 is 0 Å². The molecule has 2 N–H and O–H groups in total. The fourth-order valence-electron chi connectivity index (χ4n) is 2.59. The van der Waals surface area contributed by atoms with Crippen molar-refractivity contribution in [1.82, 2.24) is 15.6 Å². The summed E-state index contributed by atoms with van der Waals surface area (Å²) in [5, 5.41) is 6.03. The van der Waals surface area contributed by atoms with Crippen molar-refractivity contribution in [1.29, 1.82) is 0 Å². The van der Waals surface area contributed by atoms with Crippen LogP contribution in [-0.2, 0) is 11.0 Å². The lowest BCUT2D eigenvalue weighted by Crippen LogP contribution is -2.49. The van der Waals surface area contributed by atoms with Crippen molar-refractivity contribution < 1.29 is 22.7 Å². The monoisotopic (exact) mass is 345 g/mol. The summed E-state index contributed by atoms with van der Waals surface area (Å²) >= 11 is 0. The normalized spacial score (nSPS) is 18.5. The third-order valence-corrected chi connectivity index (χ3v) is 3.72. The highest BCUT2D eigenvalue weighted by atomic mass is 19.4. The minimum atomic E-state index is -4.54. The van der Waals surface area contributed by atoms with Gasteiger partial charge in [-0.05, 0) is 45.4 Å². The molecule has 5 nitrogen and oxygen atoms in total. The molecule has 1 saturated heterocycles. The summed E-state index contributed by atoms with van der Waals surface area (Å²) in [7, 11) is 0. The van der Waals surface area contributed by atoms with Crippen molar-refractivity contribution in [2.45, 2.75) is 50.9 Å². The Morgan fingerprint density at radius 3 is 2.83 bits per heavy atom. The van der Waals surface area contributed by atoms with E-state index in [1.807, 2.05) is 0 Å². The molecule has 1 aromatic heterocycles. The number of ether oxygens (including phenoxy) is 1. The van der Waals surface area contributed by atoms with E-state index in [9.17, 15) is 18.0 Å². The van der Waals surface area contributed by atoms with Gasteiger partial charge in [-0.15, -0.1) is 0 Å². The van der Waals surface area contributed by atoms with E-state index in [2.05, 4.69) is 15.6 Å². The predicted octanol–water partition coefficient (Wildman–Crippen LogP) is 2.52. The molecule has 0 bridgehead atoms. The first-order chi connectivity index (χ1) is 11.2. The predicted molar refractivity (Wildman–Crippen MR) is 82.6 cm³/mol. The minimum absolute atomic E-state index is 0.114. The number of nitrogens with one attached hydrogen (secondary N) is 2. The van der Waals surface area contributed by atoms with Crippen molar-refractivity contribution in [2.75, 3.05) is 13.2 Å². The Kier molecular flexibility index (Phi) is 5.69. The molecule has 1 aliphatic rings. The SMILES string of the molecule is CC(C)(COc1ncccc1C(F)(F)F)NC(=O)C[C@H]1CCCN1. The number of amides is 1. The van der Waals surface area contributed by atoms with Gasteiger partial charge >= 0.3 is 6.18 Å². The maximum absolute atomic E-state index is 12.9. The first-order valence-electron chi connectivity index (χ1n) is 7.87. The first-order valence-corrected chi connectivity index (χ1v) is 7.87. The largest absolute Gasteiger partial charge is 0.475 e. The van der Waals surface area contributed by atoms with E-state index in [-0.39, 0.29) is 18.6 Å². The Bertz CT molecular complexity index is 570. The molecule has 0 spiro atoms. The van der Waals surface area contributed by atoms with Crippen LogP contribution in [0.4, 0.5) is 13.2 Å². The van der Waals surface area contributed by atoms with Gasteiger partial charge in [-0.25, -0.2) is 4.98 Å². The van der Waals surface area contributed by atoms with E-state index in [1.54, 1.807) is 13.8 Å². The van der Waals surface area contributed by atoms with Crippen LogP contribution in [0.25, 0.3) is 0 Å². The van der Waals surface area contributed by atoms with Gasteiger partial charge in [0, 0.05) is 18.7 Å². The van der Waals surface area contributed by atoms with Crippen LogP contribution in [0.15, 0.2) is 18.3 Å². The zero-order chi connectivity index (χ0) is 17.8. The second kappa shape index (κ2) is 7.38. The number of nitrogens with zero attached hydrogens (tertiary/aromatic N) is 1. The van der Waals surface area contributed by atoms with Gasteiger partial charge in [-0.3, -0.25) is 4.79 Å². The Balaban J connectivity index is 1.91. The third kappa shape index (κ3) is 5.36. The van der Waals surface area contributed by atoms with E-state index in [4.69, 9.17) is 4.74 Å². The summed E-state index contributed by atoms with van der Waals surface area (Å²) < 4.78 is 44.0. The van der Waals surface area contributed by atoms with Crippen LogP contribution in [0.5, 0.6) is 5.88 Å².